The van der Waals surface area contributed by atoms with Crippen molar-refractivity contribution in [1.29, 1.82) is 0 Å². The third-order valence-corrected chi connectivity index (χ3v) is 16.6. The fourth-order valence-electron chi connectivity index (χ4n) is 9.51. The molecule has 2 nitrogen and oxygen atoms in total. The van der Waals surface area contributed by atoms with E-state index in [-0.39, 0.29) is 0 Å². The van der Waals surface area contributed by atoms with Crippen LogP contribution in [0.25, 0.3) is 66.1 Å². The van der Waals surface area contributed by atoms with Gasteiger partial charge in [0, 0.05) is 27.1 Å². The predicted molar refractivity (Wildman–Crippen MR) is 244 cm³/mol. The molecule has 57 heavy (non-hydrogen) atoms. The molecular formula is C54H38N2Si. The lowest BCUT2D eigenvalue weighted by Crippen LogP contribution is -2.74. The first kappa shape index (κ1) is 33.2. The van der Waals surface area contributed by atoms with Gasteiger partial charge in [0.15, 0.2) is 8.07 Å². The van der Waals surface area contributed by atoms with Gasteiger partial charge in [-0.3, -0.25) is 0 Å². The van der Waals surface area contributed by atoms with Crippen molar-refractivity contribution >= 4 is 72.4 Å². The molecule has 268 valence electrons. The van der Waals surface area contributed by atoms with E-state index in [4.69, 9.17) is 0 Å². The van der Waals surface area contributed by atoms with Crippen molar-refractivity contribution in [3.05, 3.63) is 231 Å². The molecule has 0 aliphatic rings. The van der Waals surface area contributed by atoms with Crippen LogP contribution < -0.4 is 20.7 Å². The van der Waals surface area contributed by atoms with Crippen molar-refractivity contribution in [2.24, 2.45) is 0 Å². The second kappa shape index (κ2) is 13.5. The van der Waals surface area contributed by atoms with Crippen LogP contribution >= 0.6 is 0 Å². The lowest BCUT2D eigenvalue weighted by molar-refractivity contribution is 1.17. The van der Waals surface area contributed by atoms with Gasteiger partial charge in [0.05, 0.1) is 33.4 Å². The Morgan fingerprint density at radius 1 is 0.281 bits per heavy atom. The van der Waals surface area contributed by atoms with Gasteiger partial charge in [0.1, 0.15) is 0 Å². The third kappa shape index (κ3) is 5.10. The molecule has 0 radical (unpaired) electrons. The number of hydrogen-bond donors (Lipinski definition) is 0. The van der Waals surface area contributed by atoms with E-state index in [1.54, 1.807) is 0 Å². The van der Waals surface area contributed by atoms with Crippen molar-refractivity contribution < 1.29 is 0 Å². The van der Waals surface area contributed by atoms with Crippen LogP contribution in [-0.2, 0) is 0 Å². The molecule has 0 unspecified atom stereocenters. The Bertz CT molecular complexity index is 3120. The molecule has 3 heteroatoms. The van der Waals surface area contributed by atoms with Crippen LogP contribution in [0.1, 0.15) is 0 Å². The number of aromatic nitrogens is 2. The zero-order valence-corrected chi connectivity index (χ0v) is 32.3. The highest BCUT2D eigenvalue weighted by Crippen LogP contribution is 2.41. The highest BCUT2D eigenvalue weighted by Gasteiger charge is 2.41. The Hall–Kier alpha value is -7.20. The second-order valence-electron chi connectivity index (χ2n) is 14.8. The predicted octanol–water partition coefficient (Wildman–Crippen LogP) is 10.9. The quantitative estimate of drug-likeness (QED) is 0.114. The largest absolute Gasteiger partial charge is 0.309 e. The number of fused-ring (bicyclic) bond motifs is 6. The van der Waals surface area contributed by atoms with Crippen molar-refractivity contribution in [3.8, 4) is 22.5 Å². The number of para-hydroxylation sites is 3. The van der Waals surface area contributed by atoms with Crippen molar-refractivity contribution in [2.45, 2.75) is 0 Å². The van der Waals surface area contributed by atoms with Crippen molar-refractivity contribution in [3.63, 3.8) is 0 Å². The Kier molecular flexibility index (Phi) is 7.87. The molecular weight excluding hydrogens is 705 g/mol. The Morgan fingerprint density at radius 2 is 0.737 bits per heavy atom. The summed E-state index contributed by atoms with van der Waals surface area (Å²) in [6.07, 6.45) is 0. The monoisotopic (exact) mass is 742 g/mol. The summed E-state index contributed by atoms with van der Waals surface area (Å²) in [5.74, 6) is 0. The van der Waals surface area contributed by atoms with Crippen LogP contribution in [0.5, 0.6) is 0 Å². The van der Waals surface area contributed by atoms with Gasteiger partial charge in [-0.2, -0.15) is 0 Å². The minimum absolute atomic E-state index is 1.17. The van der Waals surface area contributed by atoms with Crippen LogP contribution in [0.4, 0.5) is 0 Å². The van der Waals surface area contributed by atoms with E-state index >= 15 is 0 Å². The van der Waals surface area contributed by atoms with Gasteiger partial charge in [-0.25, -0.2) is 0 Å². The molecule has 2 aromatic heterocycles. The van der Waals surface area contributed by atoms with Crippen LogP contribution in [0, 0.1) is 0 Å². The normalized spacial score (nSPS) is 11.9. The van der Waals surface area contributed by atoms with E-state index in [9.17, 15) is 0 Å². The van der Waals surface area contributed by atoms with Crippen molar-refractivity contribution in [2.75, 3.05) is 0 Å². The first-order valence-corrected chi connectivity index (χ1v) is 21.7. The fraction of sp³-hybridized carbons (Fsp3) is 0. The lowest BCUT2D eigenvalue weighted by atomic mass is 10.0. The molecule has 0 aliphatic carbocycles. The van der Waals surface area contributed by atoms with Gasteiger partial charge in [-0.1, -0.05) is 194 Å². The average molecular weight is 743 g/mol. The molecule has 0 spiro atoms. The maximum atomic E-state index is 2.52. The van der Waals surface area contributed by atoms with Gasteiger partial charge in [0.25, 0.3) is 0 Å². The van der Waals surface area contributed by atoms with Gasteiger partial charge in [-0.15, -0.1) is 0 Å². The highest BCUT2D eigenvalue weighted by atomic mass is 28.3. The maximum absolute atomic E-state index is 2.73. The Balaban J connectivity index is 1.21. The second-order valence-corrected chi connectivity index (χ2v) is 18.6. The van der Waals surface area contributed by atoms with E-state index in [0.29, 0.717) is 0 Å². The van der Waals surface area contributed by atoms with E-state index in [2.05, 4.69) is 240 Å². The number of hydrogen-bond acceptors (Lipinski definition) is 0. The summed E-state index contributed by atoms with van der Waals surface area (Å²) in [5.41, 5.74) is 9.53. The van der Waals surface area contributed by atoms with E-state index in [0.717, 1.165) is 0 Å². The summed E-state index contributed by atoms with van der Waals surface area (Å²) in [5, 5.41) is 10.5. The minimum atomic E-state index is -2.73. The van der Waals surface area contributed by atoms with Gasteiger partial charge >= 0.3 is 0 Å². The summed E-state index contributed by atoms with van der Waals surface area (Å²) >= 11 is 0. The number of nitrogens with zero attached hydrogens (tertiary/aromatic N) is 2. The minimum Gasteiger partial charge on any atom is -0.309 e. The molecule has 0 amide bonds. The molecule has 2 heterocycles. The van der Waals surface area contributed by atoms with E-state index in [1.807, 2.05) is 0 Å². The average Bonchev–Trinajstić information content (AvgIpc) is 3.81. The Morgan fingerprint density at radius 3 is 1.39 bits per heavy atom. The first-order valence-electron chi connectivity index (χ1n) is 19.7. The SMILES string of the molecule is c1ccc(-c2ccccc2-n2c3ccccc3c3c(-n4c5ccccc5c5cc([Si](c6ccccc6)(c6ccccc6)c6ccccc6)ccc54)cccc32)cc1. The zero-order valence-electron chi connectivity index (χ0n) is 31.3. The zero-order chi connectivity index (χ0) is 37.8. The van der Waals surface area contributed by atoms with Gasteiger partial charge in [-0.05, 0) is 62.7 Å². The lowest BCUT2D eigenvalue weighted by Gasteiger charge is -2.34. The standard InChI is InChI=1S/C54H38N2Si/c1-5-20-39(21-6-1)44-28-13-16-31-48(44)55-50-33-18-15-30-46(50)54-52(55)34-19-35-53(54)56-49-32-17-14-29-45(49)47-38-43(36-37-51(47)56)57(40-22-7-2-8-23-40,41-24-9-3-10-25-41)42-26-11-4-12-27-42/h1-38H. The van der Waals surface area contributed by atoms with Gasteiger partial charge < -0.3 is 9.13 Å². The summed E-state index contributed by atoms with van der Waals surface area (Å²) in [4.78, 5) is 0. The Labute approximate surface area is 333 Å². The smallest absolute Gasteiger partial charge is 0.179 e. The summed E-state index contributed by atoms with van der Waals surface area (Å²) in [6, 6.07) is 85.1. The first-order chi connectivity index (χ1) is 28.3. The molecule has 0 fully saturated rings. The molecule has 0 bridgehead atoms. The highest BCUT2D eigenvalue weighted by molar-refractivity contribution is 7.20. The van der Waals surface area contributed by atoms with Crippen LogP contribution in [0.2, 0.25) is 0 Å². The van der Waals surface area contributed by atoms with Crippen LogP contribution in [-0.4, -0.2) is 17.2 Å². The summed E-state index contributed by atoms with van der Waals surface area (Å²) in [7, 11) is -2.73. The van der Waals surface area contributed by atoms with Gasteiger partial charge in [0.2, 0.25) is 0 Å². The molecule has 0 saturated carbocycles. The van der Waals surface area contributed by atoms with E-state index < -0.39 is 8.07 Å². The summed E-state index contributed by atoms with van der Waals surface area (Å²) < 4.78 is 4.97. The maximum Gasteiger partial charge on any atom is 0.179 e. The van der Waals surface area contributed by atoms with Crippen molar-refractivity contribution in [1.82, 2.24) is 9.13 Å². The number of benzene rings is 9. The molecule has 9 aromatic carbocycles. The molecule has 0 atom stereocenters. The molecule has 0 aliphatic heterocycles. The summed E-state index contributed by atoms with van der Waals surface area (Å²) in [6.45, 7) is 0. The van der Waals surface area contributed by atoms with E-state index in [1.165, 1.54) is 86.9 Å². The fourth-order valence-corrected chi connectivity index (χ4v) is 14.3. The van der Waals surface area contributed by atoms with Crippen LogP contribution in [0.3, 0.4) is 0 Å². The molecule has 0 N–H and O–H groups in total. The molecule has 11 aromatic rings. The topological polar surface area (TPSA) is 9.86 Å². The number of rotatable bonds is 7. The van der Waals surface area contributed by atoms with Crippen LogP contribution in [0.15, 0.2) is 231 Å². The molecule has 11 rings (SSSR count). The molecule has 0 saturated heterocycles. The third-order valence-electron chi connectivity index (χ3n) is 11.9.